The van der Waals surface area contributed by atoms with Crippen molar-refractivity contribution in [3.05, 3.63) is 46.2 Å². The summed E-state index contributed by atoms with van der Waals surface area (Å²) in [6.45, 7) is 0.496. The molecule has 1 aliphatic heterocycles. The highest BCUT2D eigenvalue weighted by molar-refractivity contribution is 7.11. The lowest BCUT2D eigenvalue weighted by atomic mass is 10.0. The van der Waals surface area contributed by atoms with Crippen LogP contribution >= 0.6 is 11.3 Å². The fourth-order valence-corrected chi connectivity index (χ4v) is 2.61. The van der Waals surface area contributed by atoms with E-state index in [9.17, 15) is 4.79 Å². The smallest absolute Gasteiger partial charge is 0.375 e. The van der Waals surface area contributed by atoms with Crippen molar-refractivity contribution in [3.63, 3.8) is 0 Å². The van der Waals surface area contributed by atoms with Gasteiger partial charge < -0.3 is 14.3 Å². The molecule has 2 aromatic rings. The van der Waals surface area contributed by atoms with Crippen LogP contribution in [0.4, 0.5) is 0 Å². The molecule has 5 nitrogen and oxygen atoms in total. The van der Waals surface area contributed by atoms with Crippen molar-refractivity contribution in [1.29, 1.82) is 0 Å². The molecule has 0 radical (unpaired) electrons. The highest BCUT2D eigenvalue weighted by atomic mass is 32.1. The second-order valence-corrected chi connectivity index (χ2v) is 5.30. The summed E-state index contributed by atoms with van der Waals surface area (Å²) in [6.07, 6.45) is 0.594. The summed E-state index contributed by atoms with van der Waals surface area (Å²) in [5.41, 5.74) is 1.52. The van der Waals surface area contributed by atoms with E-state index in [0.717, 1.165) is 5.56 Å². The summed E-state index contributed by atoms with van der Waals surface area (Å²) >= 11 is 1.32. The predicted octanol–water partition coefficient (Wildman–Crippen LogP) is 3.10. The van der Waals surface area contributed by atoms with Gasteiger partial charge in [0.1, 0.15) is 16.4 Å². The molecule has 0 amide bonds. The van der Waals surface area contributed by atoms with Crippen molar-refractivity contribution >= 4 is 23.0 Å². The first kappa shape index (κ1) is 13.6. The second kappa shape index (κ2) is 5.97. The lowest BCUT2D eigenvalue weighted by Gasteiger charge is -2.18. The Bertz CT molecular complexity index is 679. The Labute approximate surface area is 125 Å². The first-order valence-electron chi connectivity index (χ1n) is 6.41. The van der Waals surface area contributed by atoms with Crippen LogP contribution in [0.3, 0.4) is 0 Å². The van der Waals surface area contributed by atoms with E-state index in [1.165, 1.54) is 11.3 Å². The number of fused-ring (bicyclic) bond motifs is 1. The SMILES string of the molecule is COc1ccc2c(c1)OCC/C2=N\OC(=O)c1cccs1. The van der Waals surface area contributed by atoms with Crippen LogP contribution in [0.2, 0.25) is 0 Å². The van der Waals surface area contributed by atoms with Crippen LogP contribution in [0.15, 0.2) is 40.9 Å². The predicted molar refractivity (Wildman–Crippen MR) is 79.4 cm³/mol. The van der Waals surface area contributed by atoms with E-state index in [2.05, 4.69) is 5.16 Å². The number of carbonyl (C=O) groups excluding carboxylic acids is 1. The Balaban J connectivity index is 1.81. The molecule has 0 saturated heterocycles. The summed E-state index contributed by atoms with van der Waals surface area (Å²) in [4.78, 5) is 17.3. The molecule has 21 heavy (non-hydrogen) atoms. The molecular weight excluding hydrogens is 290 g/mol. The van der Waals surface area contributed by atoms with Gasteiger partial charge in [0, 0.05) is 18.1 Å². The first-order valence-corrected chi connectivity index (χ1v) is 7.29. The Morgan fingerprint density at radius 2 is 2.29 bits per heavy atom. The summed E-state index contributed by atoms with van der Waals surface area (Å²) in [5.74, 6) is 0.955. The maximum atomic E-state index is 11.8. The van der Waals surface area contributed by atoms with Gasteiger partial charge in [0.15, 0.2) is 0 Å². The third-order valence-electron chi connectivity index (χ3n) is 3.06. The molecule has 1 aromatic carbocycles. The fraction of sp³-hybridized carbons (Fsp3) is 0.200. The number of thiophene rings is 1. The van der Waals surface area contributed by atoms with E-state index in [1.807, 2.05) is 17.5 Å². The van der Waals surface area contributed by atoms with Gasteiger partial charge in [0.2, 0.25) is 0 Å². The molecule has 3 rings (SSSR count). The summed E-state index contributed by atoms with van der Waals surface area (Å²) in [6, 6.07) is 8.97. The van der Waals surface area contributed by atoms with Gasteiger partial charge in [-0.05, 0) is 23.6 Å². The van der Waals surface area contributed by atoms with Gasteiger partial charge in [-0.3, -0.25) is 0 Å². The topological polar surface area (TPSA) is 57.1 Å². The summed E-state index contributed by atoms with van der Waals surface area (Å²) < 4.78 is 10.7. The molecule has 0 atom stereocenters. The number of benzene rings is 1. The Hall–Kier alpha value is -2.34. The van der Waals surface area contributed by atoms with Gasteiger partial charge in [0.05, 0.1) is 19.4 Å². The van der Waals surface area contributed by atoms with Crippen LogP contribution in [0.1, 0.15) is 21.7 Å². The van der Waals surface area contributed by atoms with Gasteiger partial charge in [0.25, 0.3) is 0 Å². The minimum Gasteiger partial charge on any atom is -0.497 e. The molecule has 0 N–H and O–H groups in total. The van der Waals surface area contributed by atoms with Crippen LogP contribution in [-0.4, -0.2) is 25.4 Å². The molecule has 6 heteroatoms. The van der Waals surface area contributed by atoms with Crippen molar-refractivity contribution in [1.82, 2.24) is 0 Å². The Morgan fingerprint density at radius 3 is 3.05 bits per heavy atom. The lowest BCUT2D eigenvalue weighted by molar-refractivity contribution is 0.0520. The van der Waals surface area contributed by atoms with E-state index in [4.69, 9.17) is 14.3 Å². The number of hydrogen-bond donors (Lipinski definition) is 0. The standard InChI is InChI=1S/C15H13NO4S/c1-18-10-4-5-11-12(6-7-19-13(11)9-10)16-20-15(17)14-3-2-8-21-14/h2-5,8-9H,6-7H2,1H3/b16-12+. The molecule has 0 fully saturated rings. The molecule has 0 spiro atoms. The second-order valence-electron chi connectivity index (χ2n) is 4.35. The number of nitrogens with zero attached hydrogens (tertiary/aromatic N) is 1. The van der Waals surface area contributed by atoms with Crippen LogP contribution in [0, 0.1) is 0 Å². The highest BCUT2D eigenvalue weighted by Gasteiger charge is 2.19. The molecule has 0 unspecified atom stereocenters. The van der Waals surface area contributed by atoms with Gasteiger partial charge in [-0.1, -0.05) is 11.2 Å². The van der Waals surface area contributed by atoms with Crippen molar-refractivity contribution in [2.24, 2.45) is 5.16 Å². The zero-order valence-corrected chi connectivity index (χ0v) is 12.2. The van der Waals surface area contributed by atoms with E-state index >= 15 is 0 Å². The lowest BCUT2D eigenvalue weighted by Crippen LogP contribution is -2.17. The molecule has 0 aliphatic carbocycles. The van der Waals surface area contributed by atoms with Crippen molar-refractivity contribution < 1.29 is 19.1 Å². The number of methoxy groups -OCH3 is 1. The maximum Gasteiger partial charge on any atom is 0.375 e. The molecule has 0 saturated carbocycles. The van der Waals surface area contributed by atoms with Crippen molar-refractivity contribution in [3.8, 4) is 11.5 Å². The molecule has 108 valence electrons. The summed E-state index contributed by atoms with van der Waals surface area (Å²) in [5, 5.41) is 5.81. The Morgan fingerprint density at radius 1 is 1.38 bits per heavy atom. The molecule has 1 aromatic heterocycles. The number of ether oxygens (including phenoxy) is 2. The number of hydrogen-bond acceptors (Lipinski definition) is 6. The zero-order valence-electron chi connectivity index (χ0n) is 11.4. The normalized spacial score (nSPS) is 15.2. The minimum atomic E-state index is -0.445. The largest absolute Gasteiger partial charge is 0.497 e. The highest BCUT2D eigenvalue weighted by Crippen LogP contribution is 2.29. The van der Waals surface area contributed by atoms with E-state index in [1.54, 1.807) is 25.3 Å². The third kappa shape index (κ3) is 2.90. The van der Waals surface area contributed by atoms with Gasteiger partial charge >= 0.3 is 5.97 Å². The first-order chi connectivity index (χ1) is 10.3. The van der Waals surface area contributed by atoms with Gasteiger partial charge in [-0.2, -0.15) is 0 Å². The zero-order chi connectivity index (χ0) is 14.7. The number of oxime groups is 1. The quantitative estimate of drug-likeness (QED) is 0.646. The maximum absolute atomic E-state index is 11.8. The van der Waals surface area contributed by atoms with Crippen LogP contribution < -0.4 is 9.47 Å². The van der Waals surface area contributed by atoms with E-state index in [0.29, 0.717) is 35.1 Å². The van der Waals surface area contributed by atoms with Crippen molar-refractivity contribution in [2.75, 3.05) is 13.7 Å². The van der Waals surface area contributed by atoms with Crippen molar-refractivity contribution in [2.45, 2.75) is 6.42 Å². The Kier molecular flexibility index (Phi) is 3.87. The van der Waals surface area contributed by atoms with Crippen LogP contribution in [0.5, 0.6) is 11.5 Å². The number of rotatable bonds is 3. The third-order valence-corrected chi connectivity index (χ3v) is 3.91. The minimum absolute atomic E-state index is 0.445. The van der Waals surface area contributed by atoms with E-state index in [-0.39, 0.29) is 0 Å². The van der Waals surface area contributed by atoms with E-state index < -0.39 is 5.97 Å². The molecule has 2 heterocycles. The van der Waals surface area contributed by atoms with Crippen LogP contribution in [-0.2, 0) is 4.84 Å². The molecule has 0 bridgehead atoms. The molecular formula is C15H13NO4S. The van der Waals surface area contributed by atoms with Gasteiger partial charge in [-0.25, -0.2) is 4.79 Å². The number of carbonyl (C=O) groups is 1. The summed E-state index contributed by atoms with van der Waals surface area (Å²) in [7, 11) is 1.60. The van der Waals surface area contributed by atoms with Gasteiger partial charge in [-0.15, -0.1) is 11.3 Å². The average molecular weight is 303 g/mol. The molecule has 1 aliphatic rings. The van der Waals surface area contributed by atoms with Crippen LogP contribution in [0.25, 0.3) is 0 Å². The monoisotopic (exact) mass is 303 g/mol. The average Bonchev–Trinajstić information content (AvgIpc) is 3.06. The fourth-order valence-electron chi connectivity index (χ4n) is 2.01.